The third-order valence-electron chi connectivity index (χ3n) is 8.14. The highest BCUT2D eigenvalue weighted by Gasteiger charge is 2.23. The Balaban J connectivity index is 1.42. The van der Waals surface area contributed by atoms with E-state index in [1.54, 1.807) is 17.4 Å². The molecule has 1 atom stereocenters. The average molecular weight is 705 g/mol. The summed E-state index contributed by atoms with van der Waals surface area (Å²) in [4.78, 5) is 25.2. The molecule has 3 N–H and O–H groups in total. The van der Waals surface area contributed by atoms with Crippen molar-refractivity contribution in [3.8, 4) is 17.1 Å². The van der Waals surface area contributed by atoms with Gasteiger partial charge in [0.1, 0.15) is 11.6 Å². The lowest BCUT2D eigenvalue weighted by Gasteiger charge is -2.26. The third-order valence-corrected chi connectivity index (χ3v) is 10.5. The number of carboxylic acids is 1. The molecule has 1 unspecified atom stereocenters. The van der Waals surface area contributed by atoms with E-state index in [4.69, 9.17) is 9.72 Å². The molecular formula is C36H44N6O5S2. The number of aromatic carboxylic acids is 1. The monoisotopic (exact) mass is 704 g/mol. The SMILES string of the molecule is Cc1cccc(C)c1-c1cc(OCC(CC(C)(C)C)NCc2nc3c(cc(C(C)C)n3C)s2)nc(NS(=O)(=O)c2cccc(C(=O)O)c2)n1. The molecule has 0 amide bonds. The molecule has 0 spiro atoms. The Hall–Kier alpha value is -4.33. The molecule has 0 saturated carbocycles. The van der Waals surface area contributed by atoms with Crippen molar-refractivity contribution in [1.82, 2.24) is 24.8 Å². The van der Waals surface area contributed by atoms with E-state index in [0.29, 0.717) is 18.2 Å². The summed E-state index contributed by atoms with van der Waals surface area (Å²) in [6.07, 6.45) is 0.795. The molecule has 11 nitrogen and oxygen atoms in total. The predicted molar refractivity (Wildman–Crippen MR) is 194 cm³/mol. The second-order valence-corrected chi connectivity index (χ2v) is 16.6. The average Bonchev–Trinajstić information content (AvgIpc) is 3.56. The van der Waals surface area contributed by atoms with E-state index in [1.165, 1.54) is 23.9 Å². The number of nitrogens with one attached hydrogen (secondary N) is 2. The normalized spacial score (nSPS) is 12.8. The summed E-state index contributed by atoms with van der Waals surface area (Å²) in [6.45, 7) is 15.6. The molecule has 0 bridgehead atoms. The lowest BCUT2D eigenvalue weighted by molar-refractivity contribution is 0.0696. The van der Waals surface area contributed by atoms with Crippen LogP contribution >= 0.6 is 11.3 Å². The lowest BCUT2D eigenvalue weighted by atomic mass is 9.88. The molecule has 0 radical (unpaired) electrons. The van der Waals surface area contributed by atoms with E-state index in [2.05, 4.69) is 72.3 Å². The van der Waals surface area contributed by atoms with Gasteiger partial charge in [-0.05, 0) is 67.0 Å². The number of aromatic nitrogens is 4. The molecule has 0 aliphatic carbocycles. The maximum Gasteiger partial charge on any atom is 0.335 e. The topological polar surface area (TPSA) is 148 Å². The number of thiazole rings is 1. The van der Waals surface area contributed by atoms with E-state index in [9.17, 15) is 18.3 Å². The number of benzene rings is 2. The number of hydrogen-bond donors (Lipinski definition) is 3. The minimum absolute atomic E-state index is 0.0127. The van der Waals surface area contributed by atoms with Crippen LogP contribution in [0.1, 0.15) is 79.1 Å². The van der Waals surface area contributed by atoms with Crippen LogP contribution in [-0.4, -0.2) is 51.7 Å². The van der Waals surface area contributed by atoms with E-state index < -0.39 is 16.0 Å². The zero-order valence-electron chi connectivity index (χ0n) is 29.2. The Morgan fingerprint density at radius 3 is 2.35 bits per heavy atom. The van der Waals surface area contributed by atoms with Crippen LogP contribution in [-0.2, 0) is 23.6 Å². The van der Waals surface area contributed by atoms with Crippen molar-refractivity contribution in [2.75, 3.05) is 11.3 Å². The van der Waals surface area contributed by atoms with Gasteiger partial charge in [0.25, 0.3) is 10.0 Å². The van der Waals surface area contributed by atoms with Gasteiger partial charge in [0, 0.05) is 37.0 Å². The second kappa shape index (κ2) is 14.3. The smallest absolute Gasteiger partial charge is 0.335 e. The number of hydrogen-bond acceptors (Lipinski definition) is 9. The molecule has 260 valence electrons. The summed E-state index contributed by atoms with van der Waals surface area (Å²) in [5, 5.41) is 14.0. The molecule has 3 heterocycles. The summed E-state index contributed by atoms with van der Waals surface area (Å²) < 4.78 is 38.9. The van der Waals surface area contributed by atoms with Crippen molar-refractivity contribution in [3.63, 3.8) is 0 Å². The van der Waals surface area contributed by atoms with Crippen LogP contribution in [0.15, 0.2) is 59.5 Å². The van der Waals surface area contributed by atoms with Crippen molar-refractivity contribution in [1.29, 1.82) is 0 Å². The molecule has 0 saturated heterocycles. The van der Waals surface area contributed by atoms with Gasteiger partial charge in [0.05, 0.1) is 20.9 Å². The maximum atomic E-state index is 13.4. The van der Waals surface area contributed by atoms with E-state index in [1.807, 2.05) is 32.0 Å². The van der Waals surface area contributed by atoms with E-state index in [0.717, 1.165) is 44.5 Å². The molecule has 13 heteroatoms. The van der Waals surface area contributed by atoms with Gasteiger partial charge in [0.2, 0.25) is 11.8 Å². The van der Waals surface area contributed by atoms with Gasteiger partial charge in [-0.3, -0.25) is 0 Å². The first-order valence-corrected chi connectivity index (χ1v) is 18.4. The van der Waals surface area contributed by atoms with Gasteiger partial charge >= 0.3 is 5.97 Å². The molecule has 3 aromatic heterocycles. The maximum absolute atomic E-state index is 13.4. The summed E-state index contributed by atoms with van der Waals surface area (Å²) in [5.74, 6) is -0.807. The highest BCUT2D eigenvalue weighted by atomic mass is 32.2. The number of nitrogens with zero attached hydrogens (tertiary/aromatic N) is 4. The Labute approximate surface area is 291 Å². The third kappa shape index (κ3) is 8.64. The fourth-order valence-electron chi connectivity index (χ4n) is 5.90. The molecular weight excluding hydrogens is 661 g/mol. The van der Waals surface area contributed by atoms with Crippen molar-refractivity contribution in [2.24, 2.45) is 12.5 Å². The Morgan fingerprint density at radius 2 is 1.71 bits per heavy atom. The van der Waals surface area contributed by atoms with Gasteiger partial charge in [-0.15, -0.1) is 11.3 Å². The van der Waals surface area contributed by atoms with E-state index >= 15 is 0 Å². The summed E-state index contributed by atoms with van der Waals surface area (Å²) in [6, 6.07) is 14.8. The first kappa shape index (κ1) is 36.0. The summed E-state index contributed by atoms with van der Waals surface area (Å²) >= 11 is 1.68. The molecule has 0 aliphatic rings. The number of anilines is 1. The molecule has 2 aromatic carbocycles. The van der Waals surface area contributed by atoms with Gasteiger partial charge in [0.15, 0.2) is 5.65 Å². The quantitative estimate of drug-likeness (QED) is 0.115. The predicted octanol–water partition coefficient (Wildman–Crippen LogP) is 7.30. The van der Waals surface area contributed by atoms with Crippen LogP contribution in [0.25, 0.3) is 21.6 Å². The molecule has 0 fully saturated rings. The van der Waals surface area contributed by atoms with E-state index in [-0.39, 0.29) is 40.4 Å². The van der Waals surface area contributed by atoms with Gasteiger partial charge in [-0.1, -0.05) is 58.9 Å². The zero-order valence-corrected chi connectivity index (χ0v) is 30.8. The number of ether oxygens (including phenoxy) is 1. The molecule has 5 rings (SSSR count). The number of carboxylic acid groups (broad SMARTS) is 1. The van der Waals surface area contributed by atoms with Crippen molar-refractivity contribution >= 4 is 43.6 Å². The number of sulfonamides is 1. The highest BCUT2D eigenvalue weighted by molar-refractivity contribution is 7.92. The van der Waals surface area contributed by atoms with Crippen LogP contribution < -0.4 is 14.8 Å². The van der Waals surface area contributed by atoms with Crippen LogP contribution in [0.5, 0.6) is 5.88 Å². The number of carbonyl (C=O) groups is 1. The van der Waals surface area contributed by atoms with Gasteiger partial charge in [-0.2, -0.15) is 4.98 Å². The molecule has 5 aromatic rings. The van der Waals surface area contributed by atoms with Crippen molar-refractivity contribution < 1.29 is 23.1 Å². The minimum Gasteiger partial charge on any atom is -0.478 e. The minimum atomic E-state index is -4.23. The van der Waals surface area contributed by atoms with Crippen LogP contribution in [0.4, 0.5) is 5.95 Å². The fourth-order valence-corrected chi connectivity index (χ4v) is 7.88. The summed E-state index contributed by atoms with van der Waals surface area (Å²) in [5.41, 5.74) is 5.32. The van der Waals surface area contributed by atoms with Crippen molar-refractivity contribution in [3.05, 3.63) is 82.0 Å². The van der Waals surface area contributed by atoms with Gasteiger partial charge < -0.3 is 19.7 Å². The molecule has 49 heavy (non-hydrogen) atoms. The van der Waals surface area contributed by atoms with Crippen LogP contribution in [0, 0.1) is 19.3 Å². The number of aryl methyl sites for hydroxylation is 3. The zero-order chi connectivity index (χ0) is 35.7. The number of fused-ring (bicyclic) bond motifs is 1. The first-order valence-electron chi connectivity index (χ1n) is 16.1. The molecule has 0 aliphatic heterocycles. The van der Waals surface area contributed by atoms with Crippen LogP contribution in [0.3, 0.4) is 0 Å². The Kier molecular flexibility index (Phi) is 10.5. The fraction of sp³-hybridized carbons (Fsp3) is 0.389. The number of rotatable bonds is 13. The van der Waals surface area contributed by atoms with Crippen molar-refractivity contribution in [2.45, 2.75) is 78.3 Å². The largest absolute Gasteiger partial charge is 0.478 e. The Morgan fingerprint density at radius 1 is 1.02 bits per heavy atom. The highest BCUT2D eigenvalue weighted by Crippen LogP contribution is 2.31. The standard InChI is InChI=1S/C36H44N6O5S2/c1-21(2)28-17-29-33(42(28)8)40-31(48-29)19-37-25(18-36(5,6)7)20-47-30-16-27(32-22(3)11-9-12-23(32)4)38-35(39-30)41-49(45,46)26-14-10-13-24(15-26)34(43)44/h9-17,21,25,37H,18-20H2,1-8H3,(H,43,44)(H,38,39,41). The Bertz CT molecular complexity index is 2080. The summed E-state index contributed by atoms with van der Waals surface area (Å²) in [7, 11) is -2.17. The van der Waals surface area contributed by atoms with Gasteiger partial charge in [-0.25, -0.2) is 27.9 Å². The van der Waals surface area contributed by atoms with Crippen LogP contribution in [0.2, 0.25) is 0 Å². The first-order chi connectivity index (χ1) is 23.0. The second-order valence-electron chi connectivity index (χ2n) is 13.9. The lowest BCUT2D eigenvalue weighted by Crippen LogP contribution is -2.37.